The number of piperazine rings is 1. The van der Waals surface area contributed by atoms with Gasteiger partial charge in [0, 0.05) is 51.4 Å². The van der Waals surface area contributed by atoms with E-state index in [0.717, 1.165) is 13.1 Å². The number of carbonyl (C=O) groups is 2. The lowest BCUT2D eigenvalue weighted by atomic mass is 10.1. The summed E-state index contributed by atoms with van der Waals surface area (Å²) in [6, 6.07) is 10.3. The molecule has 0 bridgehead atoms. The minimum absolute atomic E-state index is 0.0611. The van der Waals surface area contributed by atoms with Crippen LogP contribution in [0.4, 0.5) is 0 Å². The molecule has 0 atom stereocenters. The third-order valence-electron chi connectivity index (χ3n) is 5.67. The lowest BCUT2D eigenvalue weighted by Crippen LogP contribution is -2.50. The Morgan fingerprint density at radius 2 is 1.33 bits per heavy atom. The number of ether oxygens (including phenoxy) is 4. The van der Waals surface area contributed by atoms with Crippen LogP contribution in [0.2, 0.25) is 0 Å². The standard InChI is InChI=1S/C24H31N3O6/c1-30-17-5-7-19(21(15-17)32-3)23(28)25-9-10-26-11-13-27(14-12-26)24(29)20-8-6-18(31-2)16-22(20)33-4/h5-8,15-16H,9-14H2,1-4H3,(H,25,28). The Kier molecular flexibility index (Phi) is 8.37. The normalized spacial score (nSPS) is 13.9. The molecule has 1 fully saturated rings. The van der Waals surface area contributed by atoms with Gasteiger partial charge in [0.1, 0.15) is 23.0 Å². The topological polar surface area (TPSA) is 89.6 Å². The van der Waals surface area contributed by atoms with Gasteiger partial charge in [0.15, 0.2) is 0 Å². The smallest absolute Gasteiger partial charge is 0.257 e. The van der Waals surface area contributed by atoms with Crippen LogP contribution in [0.5, 0.6) is 23.0 Å². The fraction of sp³-hybridized carbons (Fsp3) is 0.417. The zero-order valence-corrected chi connectivity index (χ0v) is 19.6. The molecule has 33 heavy (non-hydrogen) atoms. The fourth-order valence-corrected chi connectivity index (χ4v) is 3.73. The Morgan fingerprint density at radius 3 is 1.88 bits per heavy atom. The van der Waals surface area contributed by atoms with Crippen molar-refractivity contribution in [2.45, 2.75) is 0 Å². The van der Waals surface area contributed by atoms with E-state index in [1.165, 1.54) is 7.11 Å². The molecule has 2 aromatic carbocycles. The maximum Gasteiger partial charge on any atom is 0.257 e. The first-order valence-electron chi connectivity index (χ1n) is 10.7. The third-order valence-corrected chi connectivity index (χ3v) is 5.67. The second-order valence-electron chi connectivity index (χ2n) is 7.52. The van der Waals surface area contributed by atoms with Crippen molar-refractivity contribution in [3.05, 3.63) is 47.5 Å². The molecule has 1 aliphatic heterocycles. The number of methoxy groups -OCH3 is 4. The summed E-state index contributed by atoms with van der Waals surface area (Å²) >= 11 is 0. The predicted molar refractivity (Wildman–Crippen MR) is 124 cm³/mol. The summed E-state index contributed by atoms with van der Waals surface area (Å²) in [6.07, 6.45) is 0. The SMILES string of the molecule is COc1ccc(C(=O)NCCN2CCN(C(=O)c3ccc(OC)cc3OC)CC2)c(OC)c1. The number of hydrogen-bond donors (Lipinski definition) is 1. The quantitative estimate of drug-likeness (QED) is 0.615. The maximum absolute atomic E-state index is 13.0. The summed E-state index contributed by atoms with van der Waals surface area (Å²) in [5.74, 6) is 1.97. The van der Waals surface area contributed by atoms with Crippen LogP contribution >= 0.6 is 0 Å². The Bertz CT molecular complexity index is 970. The van der Waals surface area contributed by atoms with Gasteiger partial charge in [-0.3, -0.25) is 14.5 Å². The van der Waals surface area contributed by atoms with Gasteiger partial charge in [-0.1, -0.05) is 0 Å². The van der Waals surface area contributed by atoms with Crippen molar-refractivity contribution in [1.29, 1.82) is 0 Å². The number of nitrogens with one attached hydrogen (secondary N) is 1. The Morgan fingerprint density at radius 1 is 0.788 bits per heavy atom. The molecule has 1 heterocycles. The second-order valence-corrected chi connectivity index (χ2v) is 7.52. The van der Waals surface area contributed by atoms with Crippen LogP contribution in [0, 0.1) is 0 Å². The van der Waals surface area contributed by atoms with Crippen molar-refractivity contribution >= 4 is 11.8 Å². The van der Waals surface area contributed by atoms with Crippen LogP contribution in [-0.4, -0.2) is 89.3 Å². The summed E-state index contributed by atoms with van der Waals surface area (Å²) in [4.78, 5) is 29.6. The molecule has 1 saturated heterocycles. The summed E-state index contributed by atoms with van der Waals surface area (Å²) in [7, 11) is 6.20. The van der Waals surface area contributed by atoms with E-state index in [-0.39, 0.29) is 11.8 Å². The molecular weight excluding hydrogens is 426 g/mol. The lowest BCUT2D eigenvalue weighted by molar-refractivity contribution is 0.0635. The molecule has 0 spiro atoms. The van der Waals surface area contributed by atoms with Gasteiger partial charge in [-0.05, 0) is 24.3 Å². The highest BCUT2D eigenvalue weighted by Crippen LogP contribution is 2.26. The van der Waals surface area contributed by atoms with Crippen LogP contribution in [0.3, 0.4) is 0 Å². The first-order valence-corrected chi connectivity index (χ1v) is 10.7. The maximum atomic E-state index is 13.0. The molecule has 0 aliphatic carbocycles. The van der Waals surface area contributed by atoms with Crippen LogP contribution in [-0.2, 0) is 0 Å². The average Bonchev–Trinajstić information content (AvgIpc) is 2.87. The predicted octanol–water partition coefficient (Wildman–Crippen LogP) is 1.91. The zero-order chi connectivity index (χ0) is 23.8. The lowest BCUT2D eigenvalue weighted by Gasteiger charge is -2.35. The summed E-state index contributed by atoms with van der Waals surface area (Å²) in [6.45, 7) is 3.85. The Hall–Kier alpha value is -3.46. The van der Waals surface area contributed by atoms with E-state index in [1.807, 2.05) is 4.90 Å². The summed E-state index contributed by atoms with van der Waals surface area (Å²) in [5, 5.41) is 2.93. The zero-order valence-electron chi connectivity index (χ0n) is 19.6. The van der Waals surface area contributed by atoms with E-state index in [4.69, 9.17) is 18.9 Å². The molecule has 0 aromatic heterocycles. The summed E-state index contributed by atoms with van der Waals surface area (Å²) in [5.41, 5.74) is 0.981. The van der Waals surface area contributed by atoms with Gasteiger partial charge in [-0.15, -0.1) is 0 Å². The van der Waals surface area contributed by atoms with Crippen molar-refractivity contribution in [2.75, 3.05) is 67.7 Å². The van der Waals surface area contributed by atoms with Crippen molar-refractivity contribution in [1.82, 2.24) is 15.1 Å². The van der Waals surface area contributed by atoms with Gasteiger partial charge < -0.3 is 29.2 Å². The van der Waals surface area contributed by atoms with Crippen molar-refractivity contribution < 1.29 is 28.5 Å². The van der Waals surface area contributed by atoms with Gasteiger partial charge in [0.25, 0.3) is 11.8 Å². The molecule has 9 nitrogen and oxygen atoms in total. The van der Waals surface area contributed by atoms with E-state index < -0.39 is 0 Å². The van der Waals surface area contributed by atoms with Crippen molar-refractivity contribution in [3.63, 3.8) is 0 Å². The molecule has 0 radical (unpaired) electrons. The molecule has 0 saturated carbocycles. The molecule has 1 N–H and O–H groups in total. The van der Waals surface area contributed by atoms with Crippen LogP contribution < -0.4 is 24.3 Å². The Balaban J connectivity index is 1.48. The van der Waals surface area contributed by atoms with Gasteiger partial charge in [-0.25, -0.2) is 0 Å². The van der Waals surface area contributed by atoms with Crippen molar-refractivity contribution in [2.24, 2.45) is 0 Å². The largest absolute Gasteiger partial charge is 0.497 e. The van der Waals surface area contributed by atoms with Gasteiger partial charge >= 0.3 is 0 Å². The van der Waals surface area contributed by atoms with E-state index in [2.05, 4.69) is 10.2 Å². The van der Waals surface area contributed by atoms with E-state index >= 15 is 0 Å². The number of hydrogen-bond acceptors (Lipinski definition) is 7. The first kappa shape index (κ1) is 24.2. The summed E-state index contributed by atoms with van der Waals surface area (Å²) < 4.78 is 21.0. The van der Waals surface area contributed by atoms with E-state index in [9.17, 15) is 9.59 Å². The second kappa shape index (κ2) is 11.4. The number of amides is 2. The highest BCUT2D eigenvalue weighted by atomic mass is 16.5. The molecule has 2 aromatic rings. The number of nitrogens with zero attached hydrogens (tertiary/aromatic N) is 2. The molecule has 178 valence electrons. The van der Waals surface area contributed by atoms with Crippen LogP contribution in [0.15, 0.2) is 36.4 Å². The molecule has 2 amide bonds. The highest BCUT2D eigenvalue weighted by Gasteiger charge is 2.24. The van der Waals surface area contributed by atoms with Gasteiger partial charge in [0.05, 0.1) is 39.6 Å². The molecule has 0 unspecified atom stereocenters. The number of rotatable bonds is 9. The third kappa shape index (κ3) is 5.87. The molecular formula is C24H31N3O6. The van der Waals surface area contributed by atoms with Gasteiger partial charge in [-0.2, -0.15) is 0 Å². The van der Waals surface area contributed by atoms with Crippen molar-refractivity contribution in [3.8, 4) is 23.0 Å². The minimum atomic E-state index is -0.199. The van der Waals surface area contributed by atoms with E-state index in [1.54, 1.807) is 57.7 Å². The van der Waals surface area contributed by atoms with Crippen LogP contribution in [0.1, 0.15) is 20.7 Å². The molecule has 1 aliphatic rings. The molecule has 3 rings (SSSR count). The number of carbonyl (C=O) groups excluding carboxylic acids is 2. The fourth-order valence-electron chi connectivity index (χ4n) is 3.73. The van der Waals surface area contributed by atoms with E-state index in [0.29, 0.717) is 60.3 Å². The van der Waals surface area contributed by atoms with Gasteiger partial charge in [0.2, 0.25) is 0 Å². The number of benzene rings is 2. The highest BCUT2D eigenvalue weighted by molar-refractivity contribution is 5.97. The first-order chi connectivity index (χ1) is 16.0. The monoisotopic (exact) mass is 457 g/mol. The minimum Gasteiger partial charge on any atom is -0.497 e. The Labute approximate surface area is 194 Å². The van der Waals surface area contributed by atoms with Crippen LogP contribution in [0.25, 0.3) is 0 Å². The average molecular weight is 458 g/mol. The molecule has 9 heteroatoms.